The number of hydrogen-bond donors (Lipinski definition) is 1. The van der Waals surface area contributed by atoms with Crippen LogP contribution >= 0.6 is 0 Å². The molecule has 27 heavy (non-hydrogen) atoms. The predicted octanol–water partition coefficient (Wildman–Crippen LogP) is 1.37. The SMILES string of the molecule is CCn1nc(C)cc1C(=O)N1CCCN(c2nc(C)ccc2C(N)=O)CC1. The molecular formula is C19H26N6O2. The topological polar surface area (TPSA) is 97.3 Å². The molecule has 1 aliphatic rings. The second-order valence-electron chi connectivity index (χ2n) is 6.81. The van der Waals surface area contributed by atoms with Crippen LogP contribution in [0.25, 0.3) is 0 Å². The van der Waals surface area contributed by atoms with E-state index in [0.29, 0.717) is 49.8 Å². The number of aromatic nitrogens is 3. The normalized spacial score (nSPS) is 14.9. The summed E-state index contributed by atoms with van der Waals surface area (Å²) in [6.45, 7) is 8.93. The molecule has 3 heterocycles. The van der Waals surface area contributed by atoms with Gasteiger partial charge in [-0.3, -0.25) is 14.3 Å². The van der Waals surface area contributed by atoms with Crippen molar-refractivity contribution in [3.8, 4) is 0 Å². The molecule has 144 valence electrons. The predicted molar refractivity (Wildman–Crippen MR) is 103 cm³/mol. The molecule has 8 heteroatoms. The van der Waals surface area contributed by atoms with E-state index >= 15 is 0 Å². The van der Waals surface area contributed by atoms with Gasteiger partial charge in [-0.1, -0.05) is 0 Å². The maximum absolute atomic E-state index is 13.0. The van der Waals surface area contributed by atoms with Crippen molar-refractivity contribution in [2.45, 2.75) is 33.7 Å². The molecule has 3 rings (SSSR count). The van der Waals surface area contributed by atoms with Gasteiger partial charge in [0.05, 0.1) is 11.3 Å². The molecule has 1 aliphatic heterocycles. The number of anilines is 1. The Labute approximate surface area is 159 Å². The summed E-state index contributed by atoms with van der Waals surface area (Å²) in [4.78, 5) is 33.2. The Morgan fingerprint density at radius 1 is 1.11 bits per heavy atom. The Kier molecular flexibility index (Phi) is 5.43. The van der Waals surface area contributed by atoms with Crippen molar-refractivity contribution in [1.29, 1.82) is 0 Å². The fourth-order valence-corrected chi connectivity index (χ4v) is 3.43. The van der Waals surface area contributed by atoms with Crippen molar-refractivity contribution in [1.82, 2.24) is 19.7 Å². The summed E-state index contributed by atoms with van der Waals surface area (Å²) in [7, 11) is 0. The summed E-state index contributed by atoms with van der Waals surface area (Å²) in [5, 5.41) is 4.37. The van der Waals surface area contributed by atoms with E-state index in [0.717, 1.165) is 17.8 Å². The van der Waals surface area contributed by atoms with Gasteiger partial charge in [0.15, 0.2) is 0 Å². The highest BCUT2D eigenvalue weighted by Gasteiger charge is 2.25. The van der Waals surface area contributed by atoms with Crippen molar-refractivity contribution >= 4 is 17.6 Å². The van der Waals surface area contributed by atoms with Crippen molar-refractivity contribution < 1.29 is 9.59 Å². The van der Waals surface area contributed by atoms with Gasteiger partial charge in [0, 0.05) is 38.4 Å². The Balaban J connectivity index is 1.79. The average Bonchev–Trinajstić information content (AvgIpc) is 2.86. The number of hydrogen-bond acceptors (Lipinski definition) is 5. The minimum Gasteiger partial charge on any atom is -0.365 e. The molecule has 0 saturated carbocycles. The number of nitrogens with two attached hydrogens (primary N) is 1. The molecule has 1 saturated heterocycles. The first-order valence-corrected chi connectivity index (χ1v) is 9.26. The molecular weight excluding hydrogens is 344 g/mol. The van der Waals surface area contributed by atoms with Crippen molar-refractivity contribution in [2.75, 3.05) is 31.1 Å². The van der Waals surface area contributed by atoms with E-state index < -0.39 is 5.91 Å². The number of primary amides is 1. The lowest BCUT2D eigenvalue weighted by Gasteiger charge is -2.24. The standard InChI is InChI=1S/C19H26N6O2/c1-4-25-16(12-14(3)22-25)19(27)24-9-5-8-23(10-11-24)18-15(17(20)26)7-6-13(2)21-18/h6-7,12H,4-5,8-11H2,1-3H3,(H2,20,26). The van der Waals surface area contributed by atoms with Crippen LogP contribution in [-0.4, -0.2) is 57.7 Å². The second-order valence-corrected chi connectivity index (χ2v) is 6.81. The third-order valence-electron chi connectivity index (χ3n) is 4.78. The summed E-state index contributed by atoms with van der Waals surface area (Å²) in [6.07, 6.45) is 0.790. The number of amides is 2. The molecule has 0 atom stereocenters. The van der Waals surface area contributed by atoms with Gasteiger partial charge in [-0.15, -0.1) is 0 Å². The minimum atomic E-state index is -0.489. The van der Waals surface area contributed by atoms with Gasteiger partial charge in [0.1, 0.15) is 11.5 Å². The van der Waals surface area contributed by atoms with Gasteiger partial charge in [-0.25, -0.2) is 4.98 Å². The first-order chi connectivity index (χ1) is 12.9. The minimum absolute atomic E-state index is 0.00775. The summed E-state index contributed by atoms with van der Waals surface area (Å²) in [6, 6.07) is 5.34. The summed E-state index contributed by atoms with van der Waals surface area (Å²) in [5.41, 5.74) is 8.22. The van der Waals surface area contributed by atoms with Gasteiger partial charge >= 0.3 is 0 Å². The van der Waals surface area contributed by atoms with Crippen LogP contribution in [0, 0.1) is 13.8 Å². The number of nitrogens with zero attached hydrogens (tertiary/aromatic N) is 5. The van der Waals surface area contributed by atoms with Crippen LogP contribution < -0.4 is 10.6 Å². The van der Waals surface area contributed by atoms with E-state index in [9.17, 15) is 9.59 Å². The molecule has 2 N–H and O–H groups in total. The van der Waals surface area contributed by atoms with Crippen molar-refractivity contribution in [2.24, 2.45) is 5.73 Å². The quantitative estimate of drug-likeness (QED) is 0.876. The summed E-state index contributed by atoms with van der Waals surface area (Å²) in [5.74, 6) is 0.106. The number of aryl methyl sites for hydroxylation is 3. The fraction of sp³-hybridized carbons (Fsp3) is 0.474. The highest BCUT2D eigenvalue weighted by Crippen LogP contribution is 2.21. The Morgan fingerprint density at radius 3 is 2.59 bits per heavy atom. The lowest BCUT2D eigenvalue weighted by Crippen LogP contribution is -2.37. The van der Waals surface area contributed by atoms with E-state index in [1.54, 1.807) is 16.8 Å². The van der Waals surface area contributed by atoms with Gasteiger partial charge in [0.25, 0.3) is 11.8 Å². The molecule has 1 fully saturated rings. The largest absolute Gasteiger partial charge is 0.365 e. The fourth-order valence-electron chi connectivity index (χ4n) is 3.43. The monoisotopic (exact) mass is 370 g/mol. The molecule has 2 aromatic heterocycles. The third kappa shape index (κ3) is 3.94. The van der Waals surface area contributed by atoms with Crippen LogP contribution in [0.3, 0.4) is 0 Å². The van der Waals surface area contributed by atoms with Gasteiger partial charge in [0.2, 0.25) is 0 Å². The zero-order valence-corrected chi connectivity index (χ0v) is 16.1. The molecule has 2 amide bonds. The first-order valence-electron chi connectivity index (χ1n) is 9.26. The Bertz CT molecular complexity index is 860. The van der Waals surface area contributed by atoms with Crippen LogP contribution in [0.5, 0.6) is 0 Å². The van der Waals surface area contributed by atoms with E-state index in [1.807, 2.05) is 36.6 Å². The molecule has 8 nitrogen and oxygen atoms in total. The lowest BCUT2D eigenvalue weighted by atomic mass is 10.2. The van der Waals surface area contributed by atoms with E-state index in [2.05, 4.69) is 10.1 Å². The van der Waals surface area contributed by atoms with Crippen molar-refractivity contribution in [3.63, 3.8) is 0 Å². The molecule has 0 aliphatic carbocycles. The lowest BCUT2D eigenvalue weighted by molar-refractivity contribution is 0.0754. The van der Waals surface area contributed by atoms with Gasteiger partial charge in [-0.05, 0) is 45.4 Å². The zero-order chi connectivity index (χ0) is 19.6. The van der Waals surface area contributed by atoms with Crippen LogP contribution in [0.1, 0.15) is 45.6 Å². The van der Waals surface area contributed by atoms with Crippen molar-refractivity contribution in [3.05, 3.63) is 40.8 Å². The molecule has 0 spiro atoms. The van der Waals surface area contributed by atoms with E-state index in [4.69, 9.17) is 5.73 Å². The molecule has 2 aromatic rings. The smallest absolute Gasteiger partial charge is 0.272 e. The Hall–Kier alpha value is -2.90. The second kappa shape index (κ2) is 7.77. The van der Waals surface area contributed by atoms with Gasteiger partial charge in [-0.2, -0.15) is 5.10 Å². The third-order valence-corrected chi connectivity index (χ3v) is 4.78. The van der Waals surface area contributed by atoms with Crippen LogP contribution in [0.2, 0.25) is 0 Å². The average molecular weight is 370 g/mol. The Morgan fingerprint density at radius 2 is 1.89 bits per heavy atom. The first kappa shape index (κ1) is 18.9. The van der Waals surface area contributed by atoms with Crippen LogP contribution in [0.4, 0.5) is 5.82 Å². The summed E-state index contributed by atoms with van der Waals surface area (Å²) >= 11 is 0. The number of carbonyl (C=O) groups is 2. The number of pyridine rings is 1. The number of rotatable bonds is 4. The number of carbonyl (C=O) groups excluding carboxylic acids is 2. The maximum atomic E-state index is 13.0. The molecule has 0 aromatic carbocycles. The van der Waals surface area contributed by atoms with E-state index in [-0.39, 0.29) is 5.91 Å². The molecule has 0 bridgehead atoms. The zero-order valence-electron chi connectivity index (χ0n) is 16.1. The van der Waals surface area contributed by atoms with Crippen LogP contribution in [-0.2, 0) is 6.54 Å². The van der Waals surface area contributed by atoms with Crippen LogP contribution in [0.15, 0.2) is 18.2 Å². The maximum Gasteiger partial charge on any atom is 0.272 e. The van der Waals surface area contributed by atoms with E-state index in [1.165, 1.54) is 0 Å². The molecule has 0 radical (unpaired) electrons. The molecule has 0 unspecified atom stereocenters. The highest BCUT2D eigenvalue weighted by molar-refractivity contribution is 5.97. The highest BCUT2D eigenvalue weighted by atomic mass is 16.2. The van der Waals surface area contributed by atoms with Gasteiger partial charge < -0.3 is 15.5 Å². The summed E-state index contributed by atoms with van der Waals surface area (Å²) < 4.78 is 1.74.